The molecule has 1 rings (SSSR count). The SMILES string of the molecule is ClCSc1c(Cl)cccc1Cl. The van der Waals surface area contributed by atoms with Crippen LogP contribution in [0, 0.1) is 0 Å². The van der Waals surface area contributed by atoms with Gasteiger partial charge in [-0.25, -0.2) is 0 Å². The number of thioether (sulfide) groups is 1. The maximum Gasteiger partial charge on any atom is 0.0728 e. The van der Waals surface area contributed by atoms with Crippen molar-refractivity contribution in [3.63, 3.8) is 0 Å². The number of alkyl halides is 1. The fraction of sp³-hybridized carbons (Fsp3) is 0.143. The van der Waals surface area contributed by atoms with Crippen LogP contribution in [0.15, 0.2) is 23.1 Å². The lowest BCUT2D eigenvalue weighted by Gasteiger charge is -2.02. The Morgan fingerprint density at radius 1 is 1.18 bits per heavy atom. The molecule has 0 saturated carbocycles. The molecular weight excluding hydrogens is 223 g/mol. The summed E-state index contributed by atoms with van der Waals surface area (Å²) in [7, 11) is 0. The smallest absolute Gasteiger partial charge is 0.0728 e. The Morgan fingerprint density at radius 2 is 1.73 bits per heavy atom. The van der Waals surface area contributed by atoms with Crippen LogP contribution in [-0.2, 0) is 0 Å². The minimum absolute atomic E-state index is 0.462. The summed E-state index contributed by atoms with van der Waals surface area (Å²) < 4.78 is 0. The zero-order valence-electron chi connectivity index (χ0n) is 5.48. The van der Waals surface area contributed by atoms with Gasteiger partial charge in [0.25, 0.3) is 0 Å². The summed E-state index contributed by atoms with van der Waals surface area (Å²) in [6.45, 7) is 0. The Bertz CT molecular complexity index is 229. The van der Waals surface area contributed by atoms with Crippen molar-refractivity contribution in [2.75, 3.05) is 5.21 Å². The van der Waals surface area contributed by atoms with Gasteiger partial charge in [-0.05, 0) is 12.1 Å². The molecule has 0 bridgehead atoms. The highest BCUT2D eigenvalue weighted by Crippen LogP contribution is 2.33. The highest BCUT2D eigenvalue weighted by Gasteiger charge is 2.03. The number of halogens is 3. The van der Waals surface area contributed by atoms with E-state index in [1.807, 2.05) is 6.07 Å². The lowest BCUT2D eigenvalue weighted by Crippen LogP contribution is -1.75. The van der Waals surface area contributed by atoms with E-state index >= 15 is 0 Å². The minimum atomic E-state index is 0.462. The molecule has 0 nitrogen and oxygen atoms in total. The first-order chi connectivity index (χ1) is 5.25. The summed E-state index contributed by atoms with van der Waals surface area (Å²) in [5.41, 5.74) is 0. The number of rotatable bonds is 2. The van der Waals surface area contributed by atoms with E-state index in [9.17, 15) is 0 Å². The third kappa shape index (κ3) is 2.45. The van der Waals surface area contributed by atoms with Crippen molar-refractivity contribution in [1.29, 1.82) is 0 Å². The Kier molecular flexibility index (Phi) is 3.86. The highest BCUT2D eigenvalue weighted by atomic mass is 35.5. The van der Waals surface area contributed by atoms with Crippen molar-refractivity contribution in [2.45, 2.75) is 4.90 Å². The van der Waals surface area contributed by atoms with Gasteiger partial charge in [-0.15, -0.1) is 23.4 Å². The van der Waals surface area contributed by atoms with Crippen LogP contribution >= 0.6 is 46.6 Å². The summed E-state index contributed by atoms with van der Waals surface area (Å²) in [5.74, 6) is 0. The van der Waals surface area contributed by atoms with Crippen LogP contribution in [0.25, 0.3) is 0 Å². The largest absolute Gasteiger partial charge is 0.114 e. The van der Waals surface area contributed by atoms with Gasteiger partial charge in [-0.2, -0.15) is 0 Å². The molecule has 0 aliphatic carbocycles. The summed E-state index contributed by atoms with van der Waals surface area (Å²) >= 11 is 18.6. The molecular formula is C7H5Cl3S. The quantitative estimate of drug-likeness (QED) is 0.537. The third-order valence-corrected chi connectivity index (χ3v) is 3.14. The molecule has 0 amide bonds. The second kappa shape index (κ2) is 4.46. The van der Waals surface area contributed by atoms with Crippen molar-refractivity contribution < 1.29 is 0 Å². The molecule has 0 aliphatic heterocycles. The molecule has 0 spiro atoms. The van der Waals surface area contributed by atoms with Gasteiger partial charge in [0.05, 0.1) is 15.3 Å². The van der Waals surface area contributed by atoms with Crippen LogP contribution in [-0.4, -0.2) is 5.21 Å². The van der Waals surface area contributed by atoms with Gasteiger partial charge in [-0.3, -0.25) is 0 Å². The normalized spacial score (nSPS) is 10.1. The molecule has 1 aromatic rings. The lowest BCUT2D eigenvalue weighted by atomic mass is 10.4. The van der Waals surface area contributed by atoms with E-state index in [-0.39, 0.29) is 0 Å². The van der Waals surface area contributed by atoms with Gasteiger partial charge in [0.2, 0.25) is 0 Å². The molecule has 11 heavy (non-hydrogen) atoms. The summed E-state index contributed by atoms with van der Waals surface area (Å²) in [4.78, 5) is 0.853. The van der Waals surface area contributed by atoms with Crippen molar-refractivity contribution in [1.82, 2.24) is 0 Å². The summed E-state index contributed by atoms with van der Waals surface area (Å²) in [6.07, 6.45) is 0. The van der Waals surface area contributed by atoms with E-state index in [1.54, 1.807) is 12.1 Å². The van der Waals surface area contributed by atoms with Crippen molar-refractivity contribution in [3.8, 4) is 0 Å². The average Bonchev–Trinajstić information content (AvgIpc) is 1.97. The maximum atomic E-state index is 5.84. The topological polar surface area (TPSA) is 0 Å². The Balaban J connectivity index is 3.00. The Hall–Kier alpha value is 0.440. The molecule has 0 aliphatic rings. The molecule has 0 saturated heterocycles. The fourth-order valence-corrected chi connectivity index (χ4v) is 2.25. The Labute approximate surface area is 84.8 Å². The zero-order chi connectivity index (χ0) is 8.27. The number of hydrogen-bond donors (Lipinski definition) is 0. The first-order valence-corrected chi connectivity index (χ1v) is 5.16. The van der Waals surface area contributed by atoms with E-state index in [1.165, 1.54) is 11.8 Å². The van der Waals surface area contributed by atoms with Gasteiger partial charge in [0.15, 0.2) is 0 Å². The van der Waals surface area contributed by atoms with Gasteiger partial charge in [-0.1, -0.05) is 29.3 Å². The van der Waals surface area contributed by atoms with E-state index in [0.717, 1.165) is 4.90 Å². The average molecular weight is 228 g/mol. The second-order valence-electron chi connectivity index (χ2n) is 1.80. The zero-order valence-corrected chi connectivity index (χ0v) is 8.57. The van der Waals surface area contributed by atoms with Crippen LogP contribution in [0.3, 0.4) is 0 Å². The molecule has 0 N–H and O–H groups in total. The molecule has 0 fully saturated rings. The third-order valence-electron chi connectivity index (χ3n) is 1.12. The van der Waals surface area contributed by atoms with Gasteiger partial charge < -0.3 is 0 Å². The van der Waals surface area contributed by atoms with Crippen LogP contribution in [0.4, 0.5) is 0 Å². The molecule has 0 unspecified atom stereocenters. The van der Waals surface area contributed by atoms with Crippen LogP contribution in [0.1, 0.15) is 0 Å². The van der Waals surface area contributed by atoms with Crippen LogP contribution in [0.2, 0.25) is 10.0 Å². The summed E-state index contributed by atoms with van der Waals surface area (Å²) in [6, 6.07) is 5.40. The number of benzene rings is 1. The molecule has 60 valence electrons. The highest BCUT2D eigenvalue weighted by molar-refractivity contribution is 8.00. The predicted octanol–water partition coefficient (Wildman–Crippen LogP) is 4.28. The molecule has 0 radical (unpaired) electrons. The molecule has 0 aromatic heterocycles. The van der Waals surface area contributed by atoms with Crippen molar-refractivity contribution >= 4 is 46.6 Å². The standard InChI is InChI=1S/C7H5Cl3S/c8-4-11-7-5(9)2-1-3-6(7)10/h1-3H,4H2. The Morgan fingerprint density at radius 3 is 2.18 bits per heavy atom. The van der Waals surface area contributed by atoms with Crippen LogP contribution in [0.5, 0.6) is 0 Å². The first kappa shape index (κ1) is 9.53. The number of hydrogen-bond acceptors (Lipinski definition) is 1. The molecule has 0 heterocycles. The molecule has 4 heteroatoms. The van der Waals surface area contributed by atoms with Crippen molar-refractivity contribution in [3.05, 3.63) is 28.2 Å². The lowest BCUT2D eigenvalue weighted by molar-refractivity contribution is 1.46. The van der Waals surface area contributed by atoms with Crippen LogP contribution < -0.4 is 0 Å². The van der Waals surface area contributed by atoms with Crippen molar-refractivity contribution in [2.24, 2.45) is 0 Å². The van der Waals surface area contributed by atoms with E-state index < -0.39 is 0 Å². The maximum absolute atomic E-state index is 5.84. The first-order valence-electron chi connectivity index (χ1n) is 2.88. The van der Waals surface area contributed by atoms with E-state index in [0.29, 0.717) is 15.3 Å². The predicted molar refractivity (Wildman–Crippen MR) is 53.0 cm³/mol. The van der Waals surface area contributed by atoms with Gasteiger partial charge in [0.1, 0.15) is 0 Å². The van der Waals surface area contributed by atoms with Gasteiger partial charge in [0, 0.05) is 4.90 Å². The minimum Gasteiger partial charge on any atom is -0.114 e. The molecule has 1 aromatic carbocycles. The fourth-order valence-electron chi connectivity index (χ4n) is 0.675. The monoisotopic (exact) mass is 226 g/mol. The second-order valence-corrected chi connectivity index (χ2v) is 4.19. The van der Waals surface area contributed by atoms with E-state index in [2.05, 4.69) is 0 Å². The summed E-state index contributed by atoms with van der Waals surface area (Å²) in [5, 5.41) is 1.77. The molecule has 0 atom stereocenters. The van der Waals surface area contributed by atoms with Gasteiger partial charge >= 0.3 is 0 Å². The van der Waals surface area contributed by atoms with E-state index in [4.69, 9.17) is 34.8 Å².